The van der Waals surface area contributed by atoms with E-state index >= 15 is 0 Å². The zero-order chi connectivity index (χ0) is 21.8. The summed E-state index contributed by atoms with van der Waals surface area (Å²) in [5.41, 5.74) is 2.47. The first-order valence-corrected chi connectivity index (χ1v) is 11.7. The molecule has 9 heteroatoms. The minimum Gasteiger partial charge on any atom is -0.339 e. The Morgan fingerprint density at radius 3 is 2.58 bits per heavy atom. The molecular formula is C22H24N4O4S. The number of hydrogen-bond acceptors (Lipinski definition) is 6. The molecule has 1 aromatic heterocycles. The maximum atomic E-state index is 12.6. The first-order valence-electron chi connectivity index (χ1n) is 10.2. The second-order valence-corrected chi connectivity index (χ2v) is 9.50. The van der Waals surface area contributed by atoms with E-state index in [9.17, 15) is 13.2 Å². The van der Waals surface area contributed by atoms with Crippen molar-refractivity contribution in [1.82, 2.24) is 14.4 Å². The molecule has 0 atom stereocenters. The van der Waals surface area contributed by atoms with E-state index in [1.54, 1.807) is 24.3 Å². The lowest BCUT2D eigenvalue weighted by Gasteiger charge is -2.15. The standard InChI is InChI=1S/C22H24N4O4S/c1-16-5-4-6-18(15-16)23-20(27)11-12-21-24-22(25-30-21)17-7-9-19(10-8-17)31(28,29)26-13-2-3-14-26/h4-10,15H,2-3,11-14H2,1H3,(H,23,27). The van der Waals surface area contributed by atoms with Crippen LogP contribution in [0.15, 0.2) is 57.9 Å². The number of hydrogen-bond donors (Lipinski definition) is 1. The minimum absolute atomic E-state index is 0.137. The molecule has 0 spiro atoms. The molecule has 2 aromatic carbocycles. The second-order valence-electron chi connectivity index (χ2n) is 7.56. The van der Waals surface area contributed by atoms with Crippen molar-refractivity contribution in [2.24, 2.45) is 0 Å². The fourth-order valence-electron chi connectivity index (χ4n) is 3.49. The number of rotatable bonds is 7. The van der Waals surface area contributed by atoms with Gasteiger partial charge in [0.1, 0.15) is 0 Å². The first-order chi connectivity index (χ1) is 14.9. The summed E-state index contributed by atoms with van der Waals surface area (Å²) in [5, 5.41) is 6.80. The number of aromatic nitrogens is 2. The normalized spacial score (nSPS) is 14.6. The summed E-state index contributed by atoms with van der Waals surface area (Å²) in [6.45, 7) is 3.09. The van der Waals surface area contributed by atoms with Crippen LogP contribution in [0, 0.1) is 6.92 Å². The highest BCUT2D eigenvalue weighted by Crippen LogP contribution is 2.24. The van der Waals surface area contributed by atoms with Crippen LogP contribution in [0.1, 0.15) is 30.7 Å². The second kappa shape index (κ2) is 8.99. The fourth-order valence-corrected chi connectivity index (χ4v) is 5.01. The Balaban J connectivity index is 1.36. The summed E-state index contributed by atoms with van der Waals surface area (Å²) in [6, 6.07) is 14.0. The van der Waals surface area contributed by atoms with Gasteiger partial charge in [-0.05, 0) is 61.7 Å². The predicted molar refractivity (Wildman–Crippen MR) is 116 cm³/mol. The molecule has 1 fully saturated rings. The Bertz CT molecular complexity index is 1170. The van der Waals surface area contributed by atoms with Gasteiger partial charge < -0.3 is 9.84 Å². The van der Waals surface area contributed by atoms with Crippen molar-refractivity contribution in [3.05, 3.63) is 60.0 Å². The zero-order valence-corrected chi connectivity index (χ0v) is 18.1. The Labute approximate surface area is 181 Å². The Kier molecular flexibility index (Phi) is 6.15. The quantitative estimate of drug-likeness (QED) is 0.604. The maximum Gasteiger partial charge on any atom is 0.243 e. The molecule has 0 bridgehead atoms. The minimum atomic E-state index is -3.45. The van der Waals surface area contributed by atoms with Crippen LogP contribution in [0.5, 0.6) is 0 Å². The number of amides is 1. The zero-order valence-electron chi connectivity index (χ0n) is 17.2. The van der Waals surface area contributed by atoms with Crippen LogP contribution in [0.25, 0.3) is 11.4 Å². The van der Waals surface area contributed by atoms with Gasteiger partial charge in [0.25, 0.3) is 0 Å². The average molecular weight is 441 g/mol. The molecule has 1 N–H and O–H groups in total. The van der Waals surface area contributed by atoms with Crippen molar-refractivity contribution in [3.8, 4) is 11.4 Å². The molecule has 1 aliphatic heterocycles. The van der Waals surface area contributed by atoms with Gasteiger partial charge in [0.05, 0.1) is 4.90 Å². The molecule has 4 rings (SSSR count). The molecule has 1 saturated heterocycles. The number of anilines is 1. The molecule has 0 unspecified atom stereocenters. The average Bonchev–Trinajstić information content (AvgIpc) is 3.45. The number of nitrogens with zero attached hydrogens (tertiary/aromatic N) is 3. The van der Waals surface area contributed by atoms with Crippen LogP contribution >= 0.6 is 0 Å². The largest absolute Gasteiger partial charge is 0.339 e. The molecule has 31 heavy (non-hydrogen) atoms. The number of nitrogens with one attached hydrogen (secondary N) is 1. The Morgan fingerprint density at radius 2 is 1.87 bits per heavy atom. The Hall–Kier alpha value is -3.04. The number of aryl methyl sites for hydroxylation is 2. The molecule has 162 valence electrons. The van der Waals surface area contributed by atoms with Gasteiger partial charge in [-0.25, -0.2) is 8.42 Å². The van der Waals surface area contributed by atoms with Gasteiger partial charge in [0.15, 0.2) is 0 Å². The van der Waals surface area contributed by atoms with Gasteiger partial charge >= 0.3 is 0 Å². The highest BCUT2D eigenvalue weighted by atomic mass is 32.2. The molecular weight excluding hydrogens is 416 g/mol. The maximum absolute atomic E-state index is 12.6. The van der Waals surface area contributed by atoms with E-state index in [0.717, 1.165) is 24.1 Å². The molecule has 2 heterocycles. The summed E-state index contributed by atoms with van der Waals surface area (Å²) in [4.78, 5) is 16.7. The lowest BCUT2D eigenvalue weighted by molar-refractivity contribution is -0.116. The monoisotopic (exact) mass is 440 g/mol. The van der Waals surface area contributed by atoms with Crippen molar-refractivity contribution in [1.29, 1.82) is 0 Å². The summed E-state index contributed by atoms with van der Waals surface area (Å²) < 4.78 is 32.0. The van der Waals surface area contributed by atoms with E-state index in [-0.39, 0.29) is 17.2 Å². The summed E-state index contributed by atoms with van der Waals surface area (Å²) in [6.07, 6.45) is 2.31. The van der Waals surface area contributed by atoms with E-state index in [1.807, 2.05) is 31.2 Å². The van der Waals surface area contributed by atoms with Crippen LogP contribution in [0.4, 0.5) is 5.69 Å². The Morgan fingerprint density at radius 1 is 1.13 bits per heavy atom. The molecule has 3 aromatic rings. The number of sulfonamides is 1. The van der Waals surface area contributed by atoms with E-state index in [1.165, 1.54) is 4.31 Å². The molecule has 8 nitrogen and oxygen atoms in total. The van der Waals surface area contributed by atoms with Crippen molar-refractivity contribution in [3.63, 3.8) is 0 Å². The summed E-state index contributed by atoms with van der Waals surface area (Å²) >= 11 is 0. The summed E-state index contributed by atoms with van der Waals surface area (Å²) in [5.74, 6) is 0.573. The van der Waals surface area contributed by atoms with Gasteiger partial charge in [-0.2, -0.15) is 9.29 Å². The van der Waals surface area contributed by atoms with Crippen molar-refractivity contribution >= 4 is 21.6 Å². The molecule has 0 radical (unpaired) electrons. The molecule has 1 amide bonds. The third-order valence-corrected chi connectivity index (χ3v) is 7.06. The van der Waals surface area contributed by atoms with Crippen LogP contribution in [0.2, 0.25) is 0 Å². The van der Waals surface area contributed by atoms with Crippen LogP contribution in [-0.2, 0) is 21.2 Å². The first kappa shape index (κ1) is 21.2. The SMILES string of the molecule is Cc1cccc(NC(=O)CCc2nc(-c3ccc(S(=O)(=O)N4CCCC4)cc3)no2)c1. The third kappa shape index (κ3) is 5.00. The van der Waals surface area contributed by atoms with Crippen molar-refractivity contribution < 1.29 is 17.7 Å². The van der Waals surface area contributed by atoms with Crippen LogP contribution in [-0.4, -0.2) is 41.9 Å². The van der Waals surface area contributed by atoms with E-state index in [4.69, 9.17) is 4.52 Å². The van der Waals surface area contributed by atoms with Crippen LogP contribution < -0.4 is 5.32 Å². The molecule has 0 aliphatic carbocycles. The lowest BCUT2D eigenvalue weighted by atomic mass is 10.2. The van der Waals surface area contributed by atoms with E-state index in [2.05, 4.69) is 15.5 Å². The highest BCUT2D eigenvalue weighted by molar-refractivity contribution is 7.89. The van der Waals surface area contributed by atoms with Crippen LogP contribution in [0.3, 0.4) is 0 Å². The van der Waals surface area contributed by atoms with Gasteiger partial charge in [-0.1, -0.05) is 17.3 Å². The van der Waals surface area contributed by atoms with Crippen molar-refractivity contribution in [2.45, 2.75) is 37.5 Å². The molecule has 1 aliphatic rings. The van der Waals surface area contributed by atoms with Gasteiger partial charge in [0, 0.05) is 37.2 Å². The van der Waals surface area contributed by atoms with Gasteiger partial charge in [0.2, 0.25) is 27.6 Å². The number of carbonyl (C=O) groups is 1. The predicted octanol–water partition coefficient (Wildman–Crippen LogP) is 3.40. The van der Waals surface area contributed by atoms with E-state index < -0.39 is 10.0 Å². The summed E-state index contributed by atoms with van der Waals surface area (Å²) in [7, 11) is -3.45. The van der Waals surface area contributed by atoms with Gasteiger partial charge in [-0.3, -0.25) is 4.79 Å². The van der Waals surface area contributed by atoms with Gasteiger partial charge in [-0.15, -0.1) is 0 Å². The third-order valence-electron chi connectivity index (χ3n) is 5.15. The topological polar surface area (TPSA) is 105 Å². The molecule has 0 saturated carbocycles. The van der Waals surface area contributed by atoms with E-state index in [0.29, 0.717) is 36.8 Å². The number of carbonyl (C=O) groups excluding carboxylic acids is 1. The number of benzene rings is 2. The fraction of sp³-hybridized carbons (Fsp3) is 0.318. The van der Waals surface area contributed by atoms with Crippen molar-refractivity contribution in [2.75, 3.05) is 18.4 Å². The smallest absolute Gasteiger partial charge is 0.243 e. The highest BCUT2D eigenvalue weighted by Gasteiger charge is 2.27. The lowest BCUT2D eigenvalue weighted by Crippen LogP contribution is -2.27.